The predicted octanol–water partition coefficient (Wildman–Crippen LogP) is 6.62. The Balaban J connectivity index is 1.58. The molecule has 1 aliphatic heterocycles. The lowest BCUT2D eigenvalue weighted by Crippen LogP contribution is -2.36. The smallest absolute Gasteiger partial charge is 0.418 e. The van der Waals surface area contributed by atoms with E-state index in [4.69, 9.17) is 9.47 Å². The SMILES string of the molecule is Cc1ccc(C[C@@H]2CCNC[C@H]2c2ccc(C(=O)OC(C)(C)C)cc2)c2ccn(C(=O)OC(C)(C)C)c12. The summed E-state index contributed by atoms with van der Waals surface area (Å²) in [5.74, 6) is 0.462. The van der Waals surface area contributed by atoms with Gasteiger partial charge in [0.05, 0.1) is 11.1 Å². The van der Waals surface area contributed by atoms with Crippen molar-refractivity contribution in [1.29, 1.82) is 0 Å². The molecule has 0 aliphatic carbocycles. The van der Waals surface area contributed by atoms with Gasteiger partial charge in [0.25, 0.3) is 0 Å². The number of hydrogen-bond acceptors (Lipinski definition) is 5. The minimum absolute atomic E-state index is 0.297. The molecule has 0 spiro atoms. The third kappa shape index (κ3) is 6.42. The van der Waals surface area contributed by atoms with Crippen LogP contribution in [0.25, 0.3) is 10.9 Å². The summed E-state index contributed by atoms with van der Waals surface area (Å²) in [6.07, 6.45) is 3.44. The summed E-state index contributed by atoms with van der Waals surface area (Å²) >= 11 is 0. The maximum Gasteiger partial charge on any atom is 0.418 e. The molecule has 37 heavy (non-hydrogen) atoms. The molecule has 2 atom stereocenters. The van der Waals surface area contributed by atoms with Crippen LogP contribution in [0, 0.1) is 12.8 Å². The average Bonchev–Trinajstić information content (AvgIpc) is 3.26. The molecule has 3 aromatic rings. The first kappa shape index (κ1) is 26.9. The number of rotatable bonds is 4. The van der Waals surface area contributed by atoms with Gasteiger partial charge in [-0.15, -0.1) is 0 Å². The Hall–Kier alpha value is -3.12. The molecule has 2 aromatic carbocycles. The number of benzene rings is 2. The molecule has 2 heterocycles. The van der Waals surface area contributed by atoms with Crippen molar-refractivity contribution in [2.24, 2.45) is 5.92 Å². The highest BCUT2D eigenvalue weighted by Gasteiger charge is 2.28. The Morgan fingerprint density at radius 1 is 0.946 bits per heavy atom. The maximum absolute atomic E-state index is 12.9. The Morgan fingerprint density at radius 3 is 2.27 bits per heavy atom. The van der Waals surface area contributed by atoms with E-state index in [0.29, 0.717) is 17.4 Å². The van der Waals surface area contributed by atoms with E-state index in [-0.39, 0.29) is 12.1 Å². The summed E-state index contributed by atoms with van der Waals surface area (Å²) in [6, 6.07) is 14.2. The zero-order chi connectivity index (χ0) is 27.0. The van der Waals surface area contributed by atoms with E-state index in [1.165, 1.54) is 11.1 Å². The van der Waals surface area contributed by atoms with Crippen molar-refractivity contribution in [3.8, 4) is 0 Å². The highest BCUT2D eigenvalue weighted by Crippen LogP contribution is 2.35. The molecule has 0 amide bonds. The first-order valence-electron chi connectivity index (χ1n) is 13.2. The minimum atomic E-state index is -0.555. The number of ether oxygens (including phenoxy) is 2. The fourth-order valence-corrected chi connectivity index (χ4v) is 5.16. The van der Waals surface area contributed by atoms with E-state index in [9.17, 15) is 9.59 Å². The van der Waals surface area contributed by atoms with Crippen LogP contribution in [-0.4, -0.2) is 40.9 Å². The lowest BCUT2D eigenvalue weighted by molar-refractivity contribution is 0.00692. The maximum atomic E-state index is 12.9. The molecule has 6 nitrogen and oxygen atoms in total. The van der Waals surface area contributed by atoms with Crippen LogP contribution in [0.5, 0.6) is 0 Å². The van der Waals surface area contributed by atoms with Crippen LogP contribution in [0.4, 0.5) is 4.79 Å². The number of carbonyl (C=O) groups is 2. The van der Waals surface area contributed by atoms with Gasteiger partial charge in [-0.2, -0.15) is 0 Å². The first-order chi connectivity index (χ1) is 17.3. The summed E-state index contributed by atoms with van der Waals surface area (Å²) in [5.41, 5.74) is 3.93. The second-order valence-electron chi connectivity index (χ2n) is 12.2. The highest BCUT2D eigenvalue weighted by atomic mass is 16.6. The van der Waals surface area contributed by atoms with Crippen LogP contribution in [0.15, 0.2) is 48.7 Å². The van der Waals surface area contributed by atoms with E-state index in [0.717, 1.165) is 42.4 Å². The van der Waals surface area contributed by atoms with E-state index in [1.54, 1.807) is 4.57 Å². The van der Waals surface area contributed by atoms with Crippen LogP contribution < -0.4 is 5.32 Å². The van der Waals surface area contributed by atoms with Gasteiger partial charge in [0.1, 0.15) is 11.2 Å². The van der Waals surface area contributed by atoms with Crippen LogP contribution >= 0.6 is 0 Å². The third-order valence-corrected chi connectivity index (χ3v) is 6.81. The number of carbonyl (C=O) groups excluding carboxylic acids is 2. The standard InChI is InChI=1S/C31H40N2O4/c1-20-8-9-23(25-15-17-33(27(20)25)29(35)37-31(5,6)7)18-24-14-16-32-19-26(24)21-10-12-22(13-11-21)28(34)36-30(2,3)4/h8-13,15,17,24,26,32H,14,16,18-19H2,1-7H3/t24-,26-/m0/s1. The number of nitrogens with zero attached hydrogens (tertiary/aromatic N) is 1. The van der Waals surface area contributed by atoms with E-state index in [2.05, 4.69) is 29.6 Å². The minimum Gasteiger partial charge on any atom is -0.456 e. The van der Waals surface area contributed by atoms with Gasteiger partial charge in [-0.05, 0) is 115 Å². The molecule has 1 aliphatic rings. The summed E-state index contributed by atoms with van der Waals surface area (Å²) in [4.78, 5) is 25.3. The predicted molar refractivity (Wildman–Crippen MR) is 147 cm³/mol. The molecule has 1 saturated heterocycles. The molecular formula is C31H40N2O4. The Labute approximate surface area is 220 Å². The monoisotopic (exact) mass is 504 g/mol. The quantitative estimate of drug-likeness (QED) is 0.404. The van der Waals surface area contributed by atoms with Gasteiger partial charge in [0.15, 0.2) is 0 Å². The van der Waals surface area contributed by atoms with Crippen molar-refractivity contribution in [3.05, 3.63) is 70.9 Å². The summed E-state index contributed by atoms with van der Waals surface area (Å²) < 4.78 is 12.8. The van der Waals surface area contributed by atoms with Crippen molar-refractivity contribution in [2.75, 3.05) is 13.1 Å². The van der Waals surface area contributed by atoms with Crippen molar-refractivity contribution < 1.29 is 19.1 Å². The second kappa shape index (κ2) is 10.3. The van der Waals surface area contributed by atoms with Crippen molar-refractivity contribution in [2.45, 2.75) is 78.4 Å². The number of fused-ring (bicyclic) bond motifs is 1. The van der Waals surface area contributed by atoms with Gasteiger partial charge in [-0.25, -0.2) is 9.59 Å². The van der Waals surface area contributed by atoms with Gasteiger partial charge in [-0.3, -0.25) is 4.57 Å². The average molecular weight is 505 g/mol. The molecular weight excluding hydrogens is 464 g/mol. The number of piperidine rings is 1. The van der Waals surface area contributed by atoms with Gasteiger partial charge < -0.3 is 14.8 Å². The number of esters is 1. The number of nitrogens with one attached hydrogen (secondary N) is 1. The van der Waals surface area contributed by atoms with Crippen LogP contribution in [0.2, 0.25) is 0 Å². The molecule has 6 heteroatoms. The summed E-state index contributed by atoms with van der Waals surface area (Å²) in [6.45, 7) is 15.2. The molecule has 1 N–H and O–H groups in total. The van der Waals surface area contributed by atoms with E-state index in [1.807, 2.05) is 72.9 Å². The van der Waals surface area contributed by atoms with E-state index >= 15 is 0 Å². The van der Waals surface area contributed by atoms with Crippen LogP contribution in [0.1, 0.15) is 80.9 Å². The highest BCUT2D eigenvalue weighted by molar-refractivity contribution is 5.93. The molecule has 0 bridgehead atoms. The topological polar surface area (TPSA) is 69.6 Å². The van der Waals surface area contributed by atoms with Crippen LogP contribution in [0.3, 0.4) is 0 Å². The van der Waals surface area contributed by atoms with Gasteiger partial charge in [0.2, 0.25) is 0 Å². The molecule has 198 valence electrons. The Morgan fingerprint density at radius 2 is 1.62 bits per heavy atom. The van der Waals surface area contributed by atoms with Crippen molar-refractivity contribution >= 4 is 23.0 Å². The normalized spacial score (nSPS) is 18.6. The lowest BCUT2D eigenvalue weighted by atomic mass is 9.77. The zero-order valence-electron chi connectivity index (χ0n) is 23.2. The fraction of sp³-hybridized carbons (Fsp3) is 0.484. The molecule has 1 aromatic heterocycles. The first-order valence-corrected chi connectivity index (χ1v) is 13.2. The molecule has 4 rings (SSSR count). The fourth-order valence-electron chi connectivity index (χ4n) is 5.16. The lowest BCUT2D eigenvalue weighted by Gasteiger charge is -2.33. The number of hydrogen-bond donors (Lipinski definition) is 1. The molecule has 0 saturated carbocycles. The van der Waals surface area contributed by atoms with Crippen molar-refractivity contribution in [3.63, 3.8) is 0 Å². The van der Waals surface area contributed by atoms with Gasteiger partial charge in [-0.1, -0.05) is 24.3 Å². The molecule has 1 fully saturated rings. The Kier molecular flexibility index (Phi) is 7.52. The summed E-state index contributed by atoms with van der Waals surface area (Å²) in [5, 5.41) is 4.65. The number of aromatic nitrogens is 1. The summed E-state index contributed by atoms with van der Waals surface area (Å²) in [7, 11) is 0. The molecule has 0 unspecified atom stereocenters. The number of aryl methyl sites for hydroxylation is 1. The zero-order valence-corrected chi connectivity index (χ0v) is 23.2. The van der Waals surface area contributed by atoms with Crippen LogP contribution in [-0.2, 0) is 15.9 Å². The third-order valence-electron chi connectivity index (χ3n) is 6.81. The van der Waals surface area contributed by atoms with E-state index < -0.39 is 11.2 Å². The Bertz CT molecular complexity index is 1280. The molecule has 0 radical (unpaired) electrons. The van der Waals surface area contributed by atoms with Gasteiger partial charge in [0, 0.05) is 18.1 Å². The van der Waals surface area contributed by atoms with Gasteiger partial charge >= 0.3 is 12.1 Å². The largest absolute Gasteiger partial charge is 0.456 e. The van der Waals surface area contributed by atoms with Crippen molar-refractivity contribution in [1.82, 2.24) is 9.88 Å². The second-order valence-corrected chi connectivity index (χ2v) is 12.2.